The summed E-state index contributed by atoms with van der Waals surface area (Å²) in [5.74, 6) is 0.228. The smallest absolute Gasteiger partial charge is 0.274 e. The van der Waals surface area contributed by atoms with Crippen LogP contribution in [-0.4, -0.2) is 34.9 Å². The first kappa shape index (κ1) is 15.0. The molecular formula is C16H21N3O3. The maximum absolute atomic E-state index is 12.8. The average molecular weight is 303 g/mol. The molecule has 0 spiro atoms. The average Bonchev–Trinajstić information content (AvgIpc) is 3.38. The van der Waals surface area contributed by atoms with Gasteiger partial charge in [0, 0.05) is 23.6 Å². The van der Waals surface area contributed by atoms with Crippen LogP contribution in [0.3, 0.4) is 0 Å². The molecule has 1 aliphatic heterocycles. The van der Waals surface area contributed by atoms with Gasteiger partial charge in [-0.05, 0) is 38.8 Å². The lowest BCUT2D eigenvalue weighted by Gasteiger charge is -2.29. The van der Waals surface area contributed by atoms with Crippen LogP contribution < -0.4 is 5.32 Å². The zero-order chi connectivity index (χ0) is 15.5. The van der Waals surface area contributed by atoms with E-state index >= 15 is 0 Å². The van der Waals surface area contributed by atoms with Crippen LogP contribution in [0.5, 0.6) is 0 Å². The van der Waals surface area contributed by atoms with E-state index in [0.717, 1.165) is 38.8 Å². The normalized spacial score (nSPS) is 18.9. The van der Waals surface area contributed by atoms with E-state index in [1.54, 1.807) is 18.2 Å². The number of benzene rings is 1. The topological polar surface area (TPSA) is 75.5 Å². The van der Waals surface area contributed by atoms with Crippen molar-refractivity contribution in [2.45, 2.75) is 38.3 Å². The van der Waals surface area contributed by atoms with Crippen LogP contribution in [0.25, 0.3) is 0 Å². The minimum Gasteiger partial charge on any atom is -0.335 e. The SMILES string of the molecule is O=C(C1CCNCC1)N(Cc1ccccc1[N+](=O)[O-])C1CC1. The summed E-state index contributed by atoms with van der Waals surface area (Å²) in [4.78, 5) is 25.5. The number of carbonyl (C=O) groups excluding carboxylic acids is 1. The Morgan fingerprint density at radius 3 is 2.55 bits per heavy atom. The molecule has 118 valence electrons. The molecule has 1 aromatic carbocycles. The van der Waals surface area contributed by atoms with Crippen molar-refractivity contribution in [3.05, 3.63) is 39.9 Å². The molecule has 0 radical (unpaired) electrons. The van der Waals surface area contributed by atoms with Crippen LogP contribution in [0.15, 0.2) is 24.3 Å². The van der Waals surface area contributed by atoms with Crippen molar-refractivity contribution in [3.63, 3.8) is 0 Å². The van der Waals surface area contributed by atoms with Gasteiger partial charge in [0.25, 0.3) is 5.69 Å². The van der Waals surface area contributed by atoms with Crippen molar-refractivity contribution in [2.75, 3.05) is 13.1 Å². The summed E-state index contributed by atoms with van der Waals surface area (Å²) >= 11 is 0. The van der Waals surface area contributed by atoms with Crippen molar-refractivity contribution < 1.29 is 9.72 Å². The van der Waals surface area contributed by atoms with Crippen LogP contribution in [-0.2, 0) is 11.3 Å². The first-order valence-corrected chi connectivity index (χ1v) is 7.90. The Kier molecular flexibility index (Phi) is 4.38. The number of rotatable bonds is 5. The summed E-state index contributed by atoms with van der Waals surface area (Å²) in [7, 11) is 0. The minimum absolute atomic E-state index is 0.0598. The number of piperidine rings is 1. The number of carbonyl (C=O) groups is 1. The molecule has 1 aromatic rings. The first-order valence-electron chi connectivity index (χ1n) is 7.90. The third kappa shape index (κ3) is 3.27. The van der Waals surface area contributed by atoms with Crippen molar-refractivity contribution >= 4 is 11.6 Å². The number of nitro groups is 1. The highest BCUT2D eigenvalue weighted by Crippen LogP contribution is 2.32. The summed E-state index contributed by atoms with van der Waals surface area (Å²) in [5.41, 5.74) is 0.730. The van der Waals surface area contributed by atoms with E-state index in [4.69, 9.17) is 0 Å². The summed E-state index contributed by atoms with van der Waals surface area (Å²) in [5, 5.41) is 14.4. The standard InChI is InChI=1S/C16H21N3O3/c20-16(12-7-9-17-10-8-12)18(14-5-6-14)11-13-3-1-2-4-15(13)19(21)22/h1-4,12,14,17H,5-11H2. The number of hydrogen-bond donors (Lipinski definition) is 1. The molecule has 0 unspecified atom stereocenters. The van der Waals surface area contributed by atoms with E-state index in [2.05, 4.69) is 5.32 Å². The first-order chi connectivity index (χ1) is 10.7. The Labute approximate surface area is 129 Å². The van der Waals surface area contributed by atoms with Gasteiger partial charge in [-0.1, -0.05) is 18.2 Å². The summed E-state index contributed by atoms with van der Waals surface area (Å²) in [6, 6.07) is 6.99. The van der Waals surface area contributed by atoms with Gasteiger partial charge in [-0.3, -0.25) is 14.9 Å². The lowest BCUT2D eigenvalue weighted by atomic mass is 9.96. The lowest BCUT2D eigenvalue weighted by Crippen LogP contribution is -2.41. The van der Waals surface area contributed by atoms with Crippen LogP contribution in [0, 0.1) is 16.0 Å². The van der Waals surface area contributed by atoms with Crippen LogP contribution >= 0.6 is 0 Å². The van der Waals surface area contributed by atoms with Gasteiger partial charge in [0.2, 0.25) is 5.91 Å². The summed E-state index contributed by atoms with van der Waals surface area (Å²) < 4.78 is 0. The van der Waals surface area contributed by atoms with Crippen molar-refractivity contribution in [1.82, 2.24) is 10.2 Å². The molecule has 1 saturated heterocycles. The molecule has 1 saturated carbocycles. The molecule has 2 aliphatic rings. The van der Waals surface area contributed by atoms with Gasteiger partial charge in [0.05, 0.1) is 11.5 Å². The predicted octanol–water partition coefficient (Wildman–Crippen LogP) is 2.09. The molecule has 3 rings (SSSR count). The Morgan fingerprint density at radius 2 is 1.91 bits per heavy atom. The van der Waals surface area contributed by atoms with Gasteiger partial charge < -0.3 is 10.2 Å². The quantitative estimate of drug-likeness (QED) is 0.667. The highest BCUT2D eigenvalue weighted by molar-refractivity contribution is 5.79. The van der Waals surface area contributed by atoms with Gasteiger partial charge in [-0.2, -0.15) is 0 Å². The maximum atomic E-state index is 12.8. The third-order valence-electron chi connectivity index (χ3n) is 4.49. The highest BCUT2D eigenvalue weighted by atomic mass is 16.6. The molecule has 1 heterocycles. The molecular weight excluding hydrogens is 282 g/mol. The zero-order valence-electron chi connectivity index (χ0n) is 12.5. The van der Waals surface area contributed by atoms with Gasteiger partial charge in [0.1, 0.15) is 0 Å². The Balaban J connectivity index is 1.77. The minimum atomic E-state index is -0.366. The highest BCUT2D eigenvalue weighted by Gasteiger charge is 2.36. The fourth-order valence-electron chi connectivity index (χ4n) is 3.08. The molecule has 0 bridgehead atoms. The number of nitrogens with zero attached hydrogens (tertiary/aromatic N) is 2. The third-order valence-corrected chi connectivity index (χ3v) is 4.49. The summed E-state index contributed by atoms with van der Waals surface area (Å²) in [6.45, 7) is 2.10. The molecule has 1 aliphatic carbocycles. The molecule has 2 fully saturated rings. The monoisotopic (exact) mass is 303 g/mol. The predicted molar refractivity (Wildman–Crippen MR) is 82.3 cm³/mol. The second-order valence-electron chi connectivity index (χ2n) is 6.11. The molecule has 6 nitrogen and oxygen atoms in total. The molecule has 1 N–H and O–H groups in total. The van der Waals surface area contributed by atoms with Crippen LogP contribution in [0.2, 0.25) is 0 Å². The molecule has 0 aromatic heterocycles. The van der Waals surface area contributed by atoms with E-state index in [9.17, 15) is 14.9 Å². The number of amides is 1. The largest absolute Gasteiger partial charge is 0.335 e. The maximum Gasteiger partial charge on any atom is 0.274 e. The number of nitro benzene ring substituents is 1. The summed E-state index contributed by atoms with van der Waals surface area (Å²) in [6.07, 6.45) is 3.74. The lowest BCUT2D eigenvalue weighted by molar-refractivity contribution is -0.385. The fourth-order valence-corrected chi connectivity index (χ4v) is 3.08. The van der Waals surface area contributed by atoms with Gasteiger partial charge in [0.15, 0.2) is 0 Å². The van der Waals surface area contributed by atoms with Crippen molar-refractivity contribution in [1.29, 1.82) is 0 Å². The fraction of sp³-hybridized carbons (Fsp3) is 0.562. The Hall–Kier alpha value is -1.95. The molecule has 0 atom stereocenters. The van der Waals surface area contributed by atoms with Crippen molar-refractivity contribution in [3.8, 4) is 0 Å². The second kappa shape index (κ2) is 6.44. The Bertz CT molecular complexity index is 566. The van der Waals surface area contributed by atoms with E-state index < -0.39 is 0 Å². The second-order valence-corrected chi connectivity index (χ2v) is 6.11. The van der Waals surface area contributed by atoms with Crippen LogP contribution in [0.4, 0.5) is 5.69 Å². The van der Waals surface area contributed by atoms with Crippen LogP contribution in [0.1, 0.15) is 31.2 Å². The number of para-hydroxylation sites is 1. The Morgan fingerprint density at radius 1 is 1.23 bits per heavy atom. The van der Waals surface area contributed by atoms with E-state index in [1.165, 1.54) is 6.07 Å². The van der Waals surface area contributed by atoms with E-state index in [-0.39, 0.29) is 28.5 Å². The zero-order valence-corrected chi connectivity index (χ0v) is 12.5. The van der Waals surface area contributed by atoms with Gasteiger partial charge in [-0.15, -0.1) is 0 Å². The molecule has 6 heteroatoms. The molecule has 22 heavy (non-hydrogen) atoms. The number of hydrogen-bond acceptors (Lipinski definition) is 4. The molecule has 1 amide bonds. The van der Waals surface area contributed by atoms with E-state index in [0.29, 0.717) is 12.1 Å². The van der Waals surface area contributed by atoms with Gasteiger partial charge in [-0.25, -0.2) is 0 Å². The van der Waals surface area contributed by atoms with E-state index in [1.807, 2.05) is 4.90 Å². The van der Waals surface area contributed by atoms with Gasteiger partial charge >= 0.3 is 0 Å². The van der Waals surface area contributed by atoms with Crippen molar-refractivity contribution in [2.24, 2.45) is 5.92 Å². The number of nitrogens with one attached hydrogen (secondary N) is 1.